The van der Waals surface area contributed by atoms with Crippen LogP contribution >= 0.6 is 46.4 Å². The molecule has 0 spiro atoms. The SMILES string of the molecule is CC1C=CC(C)(S(=O)(=O)C2(C)C=CC(C)C(C)(Cl)C2(C)Cl)C(C)(Cl)C1(C)Cl. The zero-order valence-electron chi connectivity index (χ0n) is 17.2. The van der Waals surface area contributed by atoms with Gasteiger partial charge in [0.2, 0.25) is 0 Å². The van der Waals surface area contributed by atoms with Gasteiger partial charge in [-0.3, -0.25) is 0 Å². The first-order valence-corrected chi connectivity index (χ1v) is 12.1. The summed E-state index contributed by atoms with van der Waals surface area (Å²) in [6, 6.07) is 0. The maximum atomic E-state index is 14.2. The molecule has 0 aromatic heterocycles. The summed E-state index contributed by atoms with van der Waals surface area (Å²) in [4.78, 5) is -4.49. The summed E-state index contributed by atoms with van der Waals surface area (Å²) in [6.07, 6.45) is 7.02. The molecular weight excluding hydrogens is 446 g/mol. The summed E-state index contributed by atoms with van der Waals surface area (Å²) in [6.45, 7) is 14.1. The summed E-state index contributed by atoms with van der Waals surface area (Å²) in [5, 5.41) is 0. The molecule has 8 atom stereocenters. The largest absolute Gasteiger partial charge is 0.227 e. The summed E-state index contributed by atoms with van der Waals surface area (Å²) >= 11 is 27.6. The molecule has 0 saturated heterocycles. The first-order valence-electron chi connectivity index (χ1n) is 9.14. The van der Waals surface area contributed by atoms with Gasteiger partial charge in [0.25, 0.3) is 0 Å². The fourth-order valence-electron chi connectivity index (χ4n) is 4.28. The molecule has 0 amide bonds. The molecule has 2 aliphatic rings. The molecule has 0 heterocycles. The average molecular weight is 476 g/mol. The monoisotopic (exact) mass is 474 g/mol. The van der Waals surface area contributed by atoms with E-state index >= 15 is 0 Å². The molecule has 8 unspecified atom stereocenters. The number of alkyl halides is 4. The zero-order valence-corrected chi connectivity index (χ0v) is 21.0. The van der Waals surface area contributed by atoms with E-state index in [1.165, 1.54) is 0 Å². The van der Waals surface area contributed by atoms with Gasteiger partial charge >= 0.3 is 0 Å². The van der Waals surface area contributed by atoms with Gasteiger partial charge in [-0.15, -0.1) is 46.4 Å². The van der Waals surface area contributed by atoms with E-state index < -0.39 is 38.8 Å². The van der Waals surface area contributed by atoms with Gasteiger partial charge in [-0.1, -0.05) is 38.2 Å². The van der Waals surface area contributed by atoms with Gasteiger partial charge in [-0.2, -0.15) is 0 Å². The molecule has 0 radical (unpaired) electrons. The summed E-state index contributed by atoms with van der Waals surface area (Å²) < 4.78 is 25.5. The Morgan fingerprint density at radius 1 is 0.667 bits per heavy atom. The van der Waals surface area contributed by atoms with Gasteiger partial charge in [0.05, 0.1) is 19.5 Å². The lowest BCUT2D eigenvalue weighted by Gasteiger charge is -2.59. The second-order valence-corrected chi connectivity index (χ2v) is 15.0. The maximum absolute atomic E-state index is 14.2. The van der Waals surface area contributed by atoms with E-state index in [1.54, 1.807) is 53.7 Å². The van der Waals surface area contributed by atoms with E-state index in [9.17, 15) is 8.42 Å². The third-order valence-electron chi connectivity index (χ3n) is 7.93. The molecule has 2 rings (SSSR count). The van der Waals surface area contributed by atoms with Gasteiger partial charge in [-0.25, -0.2) is 8.42 Å². The lowest BCUT2D eigenvalue weighted by molar-refractivity contribution is 0.293. The quantitative estimate of drug-likeness (QED) is 0.345. The fourth-order valence-corrected chi connectivity index (χ4v) is 8.84. The second-order valence-electron chi connectivity index (χ2n) is 9.17. The third kappa shape index (κ3) is 2.60. The van der Waals surface area contributed by atoms with Crippen molar-refractivity contribution in [3.8, 4) is 0 Å². The van der Waals surface area contributed by atoms with E-state index in [0.717, 1.165) is 0 Å². The van der Waals surface area contributed by atoms with Crippen molar-refractivity contribution in [1.82, 2.24) is 0 Å². The predicted octanol–water partition coefficient (Wildman–Crippen LogP) is 6.32. The molecule has 0 bridgehead atoms. The normalized spacial score (nSPS) is 56.3. The Morgan fingerprint density at radius 3 is 1.19 bits per heavy atom. The molecule has 0 fully saturated rings. The van der Waals surface area contributed by atoms with Crippen LogP contribution in [0.25, 0.3) is 0 Å². The highest BCUT2D eigenvalue weighted by Crippen LogP contribution is 2.61. The third-order valence-corrected chi connectivity index (χ3v) is 14.7. The molecular formula is C20H30Cl4O2S. The summed E-state index contributed by atoms with van der Waals surface area (Å²) in [5.74, 6) is -0.194. The Bertz CT molecular complexity index is 735. The molecule has 0 aromatic rings. The van der Waals surface area contributed by atoms with Crippen molar-refractivity contribution in [1.29, 1.82) is 0 Å². The molecule has 27 heavy (non-hydrogen) atoms. The van der Waals surface area contributed by atoms with Crippen LogP contribution in [0.15, 0.2) is 24.3 Å². The van der Waals surface area contributed by atoms with Crippen LogP contribution in [0.1, 0.15) is 55.4 Å². The Morgan fingerprint density at radius 2 is 0.926 bits per heavy atom. The molecule has 7 heteroatoms. The number of sulfone groups is 1. The number of allylic oxidation sites excluding steroid dienone is 2. The van der Waals surface area contributed by atoms with E-state index in [1.807, 2.05) is 26.0 Å². The summed E-state index contributed by atoms with van der Waals surface area (Å²) in [5.41, 5.74) is 0. The number of halogens is 4. The topological polar surface area (TPSA) is 34.1 Å². The minimum absolute atomic E-state index is 0.0969. The van der Waals surface area contributed by atoms with Crippen LogP contribution in [-0.4, -0.2) is 37.4 Å². The molecule has 156 valence electrons. The van der Waals surface area contributed by atoms with Crippen LogP contribution in [0.2, 0.25) is 0 Å². The molecule has 0 aliphatic heterocycles. The molecule has 0 saturated carbocycles. The van der Waals surface area contributed by atoms with E-state index in [4.69, 9.17) is 46.4 Å². The van der Waals surface area contributed by atoms with Crippen molar-refractivity contribution in [3.05, 3.63) is 24.3 Å². The van der Waals surface area contributed by atoms with Gasteiger partial charge in [0.15, 0.2) is 9.84 Å². The second kappa shape index (κ2) is 6.30. The predicted molar refractivity (Wildman–Crippen MR) is 119 cm³/mol. The molecule has 0 aromatic carbocycles. The van der Waals surface area contributed by atoms with Crippen molar-refractivity contribution in [3.63, 3.8) is 0 Å². The first kappa shape index (κ1) is 23.9. The van der Waals surface area contributed by atoms with Gasteiger partial charge in [0, 0.05) is 0 Å². The highest BCUT2D eigenvalue weighted by molar-refractivity contribution is 7.94. The maximum Gasteiger partial charge on any atom is 0.171 e. The van der Waals surface area contributed by atoms with Crippen molar-refractivity contribution >= 4 is 56.2 Å². The van der Waals surface area contributed by atoms with Gasteiger partial charge < -0.3 is 0 Å². The molecule has 2 nitrogen and oxygen atoms in total. The average Bonchev–Trinajstić information content (AvgIpc) is 2.52. The van der Waals surface area contributed by atoms with Crippen molar-refractivity contribution in [2.45, 2.75) is 84.4 Å². The Labute approximate surface area is 184 Å². The van der Waals surface area contributed by atoms with Gasteiger partial charge in [-0.05, 0) is 53.4 Å². The Hall–Kier alpha value is 0.590. The highest BCUT2D eigenvalue weighted by atomic mass is 35.5. The Balaban J connectivity index is 2.82. The van der Waals surface area contributed by atoms with E-state index in [0.29, 0.717) is 0 Å². The lowest BCUT2D eigenvalue weighted by atomic mass is 9.71. The minimum atomic E-state index is -3.99. The zero-order chi connectivity index (χ0) is 21.5. The number of rotatable bonds is 2. The summed E-state index contributed by atoms with van der Waals surface area (Å²) in [7, 11) is -3.99. The fraction of sp³-hybridized carbons (Fsp3) is 0.800. The van der Waals surface area contributed by atoms with Gasteiger partial charge in [0.1, 0.15) is 9.49 Å². The van der Waals surface area contributed by atoms with Crippen LogP contribution in [0, 0.1) is 11.8 Å². The smallest absolute Gasteiger partial charge is 0.171 e. The van der Waals surface area contributed by atoms with E-state index in [-0.39, 0.29) is 11.8 Å². The minimum Gasteiger partial charge on any atom is -0.227 e. The Kier molecular flexibility index (Phi) is 5.56. The number of hydrogen-bond acceptors (Lipinski definition) is 2. The van der Waals surface area contributed by atoms with Crippen LogP contribution in [0.4, 0.5) is 0 Å². The molecule has 2 aliphatic carbocycles. The lowest BCUT2D eigenvalue weighted by Crippen LogP contribution is -2.72. The van der Waals surface area contributed by atoms with Crippen LogP contribution in [0.3, 0.4) is 0 Å². The highest BCUT2D eigenvalue weighted by Gasteiger charge is 2.71. The standard InChI is InChI=1S/C20H30Cl4O2S/c1-13-9-11-15(3,19(7,23)17(13,5)21)27(25,26)16(4)12-10-14(2)18(6,22)20(16,8)24/h9-14H,1-8H3. The number of hydrogen-bond donors (Lipinski definition) is 0. The van der Waals surface area contributed by atoms with Crippen LogP contribution < -0.4 is 0 Å². The van der Waals surface area contributed by atoms with Crippen LogP contribution in [0.5, 0.6) is 0 Å². The van der Waals surface area contributed by atoms with Crippen molar-refractivity contribution in [2.75, 3.05) is 0 Å². The first-order chi connectivity index (χ1) is 11.8. The van der Waals surface area contributed by atoms with Crippen LogP contribution in [-0.2, 0) is 9.84 Å². The van der Waals surface area contributed by atoms with Crippen molar-refractivity contribution in [2.24, 2.45) is 11.8 Å². The van der Waals surface area contributed by atoms with E-state index in [2.05, 4.69) is 0 Å². The van der Waals surface area contributed by atoms with Crippen molar-refractivity contribution < 1.29 is 8.42 Å². The molecule has 0 N–H and O–H groups in total.